The molecule has 0 amide bonds. The molecule has 0 atom stereocenters. The Morgan fingerprint density at radius 3 is 2.86 bits per heavy atom. The number of fused-ring (bicyclic) bond motifs is 1. The topological polar surface area (TPSA) is 39.4 Å². The minimum Gasteiger partial charge on any atom is -0.465 e. The average molecular weight is 190 g/mol. The van der Waals surface area contributed by atoms with E-state index < -0.39 is 0 Å². The number of methoxy groups -OCH3 is 1. The van der Waals surface area contributed by atoms with Gasteiger partial charge < -0.3 is 9.15 Å². The van der Waals surface area contributed by atoms with Crippen molar-refractivity contribution < 1.29 is 13.9 Å². The van der Waals surface area contributed by atoms with Crippen LogP contribution in [0.5, 0.6) is 0 Å². The number of ether oxygens (including phenoxy) is 1. The van der Waals surface area contributed by atoms with Crippen molar-refractivity contribution in [2.24, 2.45) is 0 Å². The quantitative estimate of drug-likeness (QED) is 0.648. The van der Waals surface area contributed by atoms with Crippen molar-refractivity contribution in [3.8, 4) is 0 Å². The molecule has 3 heteroatoms. The van der Waals surface area contributed by atoms with Gasteiger partial charge in [0.25, 0.3) is 0 Å². The van der Waals surface area contributed by atoms with E-state index in [1.54, 1.807) is 12.3 Å². The number of rotatable bonds is 1. The Morgan fingerprint density at radius 1 is 1.36 bits per heavy atom. The van der Waals surface area contributed by atoms with Gasteiger partial charge in [-0.05, 0) is 24.6 Å². The molecule has 14 heavy (non-hydrogen) atoms. The lowest BCUT2D eigenvalue weighted by atomic mass is 10.0. The second-order valence-electron chi connectivity index (χ2n) is 3.08. The fraction of sp³-hybridized carbons (Fsp3) is 0.182. The van der Waals surface area contributed by atoms with E-state index in [0.717, 1.165) is 10.9 Å². The van der Waals surface area contributed by atoms with Crippen molar-refractivity contribution in [1.82, 2.24) is 0 Å². The molecule has 0 aliphatic carbocycles. The molecule has 1 aromatic carbocycles. The molecule has 0 aliphatic rings. The van der Waals surface area contributed by atoms with E-state index in [2.05, 4.69) is 0 Å². The number of hydrogen-bond acceptors (Lipinski definition) is 3. The van der Waals surface area contributed by atoms with Crippen LogP contribution in [0.1, 0.15) is 15.9 Å². The molecule has 0 spiro atoms. The van der Waals surface area contributed by atoms with Crippen LogP contribution in [-0.2, 0) is 4.74 Å². The van der Waals surface area contributed by atoms with Gasteiger partial charge in [0.2, 0.25) is 0 Å². The zero-order valence-corrected chi connectivity index (χ0v) is 8.03. The van der Waals surface area contributed by atoms with Gasteiger partial charge in [0.1, 0.15) is 5.58 Å². The monoisotopic (exact) mass is 190 g/mol. The van der Waals surface area contributed by atoms with Crippen LogP contribution in [0.3, 0.4) is 0 Å². The number of carbonyl (C=O) groups is 1. The number of esters is 1. The first-order valence-electron chi connectivity index (χ1n) is 4.29. The third-order valence-electron chi connectivity index (χ3n) is 2.23. The third-order valence-corrected chi connectivity index (χ3v) is 2.23. The molecule has 1 aromatic heterocycles. The van der Waals surface area contributed by atoms with Crippen molar-refractivity contribution in [3.63, 3.8) is 0 Å². The SMILES string of the molecule is COC(=O)c1c(C)ccc2occc12. The zero-order chi connectivity index (χ0) is 10.1. The summed E-state index contributed by atoms with van der Waals surface area (Å²) in [4.78, 5) is 11.5. The molecule has 0 bridgehead atoms. The maximum atomic E-state index is 11.5. The first-order valence-corrected chi connectivity index (χ1v) is 4.29. The molecule has 3 nitrogen and oxygen atoms in total. The van der Waals surface area contributed by atoms with E-state index in [1.165, 1.54) is 7.11 Å². The molecule has 0 aliphatic heterocycles. The third kappa shape index (κ3) is 1.18. The van der Waals surface area contributed by atoms with Crippen molar-refractivity contribution in [1.29, 1.82) is 0 Å². The van der Waals surface area contributed by atoms with Crippen LogP contribution in [0, 0.1) is 6.92 Å². The van der Waals surface area contributed by atoms with Gasteiger partial charge >= 0.3 is 5.97 Å². The van der Waals surface area contributed by atoms with Crippen LogP contribution < -0.4 is 0 Å². The van der Waals surface area contributed by atoms with Gasteiger partial charge in [0, 0.05) is 5.39 Å². The zero-order valence-electron chi connectivity index (χ0n) is 8.03. The highest BCUT2D eigenvalue weighted by atomic mass is 16.5. The summed E-state index contributed by atoms with van der Waals surface area (Å²) in [5, 5.41) is 0.803. The molecular weight excluding hydrogens is 180 g/mol. The summed E-state index contributed by atoms with van der Waals surface area (Å²) in [5.41, 5.74) is 2.18. The van der Waals surface area contributed by atoms with Gasteiger partial charge in [-0.15, -0.1) is 0 Å². The van der Waals surface area contributed by atoms with E-state index >= 15 is 0 Å². The van der Waals surface area contributed by atoms with Crippen molar-refractivity contribution in [3.05, 3.63) is 35.6 Å². The van der Waals surface area contributed by atoms with E-state index in [4.69, 9.17) is 9.15 Å². The van der Waals surface area contributed by atoms with Gasteiger partial charge in [-0.25, -0.2) is 4.79 Å². The van der Waals surface area contributed by atoms with Crippen LogP contribution in [-0.4, -0.2) is 13.1 Å². The maximum Gasteiger partial charge on any atom is 0.338 e. The molecule has 0 saturated heterocycles. The lowest BCUT2D eigenvalue weighted by Crippen LogP contribution is -2.03. The number of benzene rings is 1. The Kier molecular flexibility index (Phi) is 2.00. The molecule has 2 aromatic rings. The number of hydrogen-bond donors (Lipinski definition) is 0. The predicted octanol–water partition coefficient (Wildman–Crippen LogP) is 2.53. The van der Waals surface area contributed by atoms with E-state index in [1.807, 2.05) is 19.1 Å². The average Bonchev–Trinajstić information content (AvgIpc) is 2.64. The Hall–Kier alpha value is -1.77. The number of furan rings is 1. The van der Waals surface area contributed by atoms with Crippen LogP contribution in [0.15, 0.2) is 28.9 Å². The molecule has 0 N–H and O–H groups in total. The van der Waals surface area contributed by atoms with Crippen LogP contribution >= 0.6 is 0 Å². The molecule has 72 valence electrons. The summed E-state index contributed by atoms with van der Waals surface area (Å²) in [6.07, 6.45) is 1.57. The molecular formula is C11H10O3. The number of aryl methyl sites for hydroxylation is 1. The van der Waals surface area contributed by atoms with E-state index in [-0.39, 0.29) is 5.97 Å². The van der Waals surface area contributed by atoms with Crippen molar-refractivity contribution in [2.75, 3.05) is 7.11 Å². The molecule has 0 radical (unpaired) electrons. The lowest BCUT2D eigenvalue weighted by Gasteiger charge is -2.03. The second-order valence-corrected chi connectivity index (χ2v) is 3.08. The fourth-order valence-electron chi connectivity index (χ4n) is 1.53. The van der Waals surface area contributed by atoms with Gasteiger partial charge in [0.15, 0.2) is 0 Å². The standard InChI is InChI=1S/C11H10O3/c1-7-3-4-9-8(5-6-14-9)10(7)11(12)13-2/h3-6H,1-2H3. The molecule has 0 saturated carbocycles. The van der Waals surface area contributed by atoms with Crippen LogP contribution in [0.4, 0.5) is 0 Å². The summed E-state index contributed by atoms with van der Waals surface area (Å²) in [7, 11) is 1.38. The van der Waals surface area contributed by atoms with E-state index in [9.17, 15) is 4.79 Å². The summed E-state index contributed by atoms with van der Waals surface area (Å²) in [5.74, 6) is -0.325. The minimum atomic E-state index is -0.325. The van der Waals surface area contributed by atoms with Crippen molar-refractivity contribution in [2.45, 2.75) is 6.92 Å². The second kappa shape index (κ2) is 3.18. The largest absolute Gasteiger partial charge is 0.465 e. The summed E-state index contributed by atoms with van der Waals surface area (Å²) in [6.45, 7) is 1.87. The summed E-state index contributed by atoms with van der Waals surface area (Å²) < 4.78 is 9.91. The van der Waals surface area contributed by atoms with E-state index in [0.29, 0.717) is 11.1 Å². The Bertz CT molecular complexity index is 482. The van der Waals surface area contributed by atoms with Gasteiger partial charge in [-0.3, -0.25) is 0 Å². The van der Waals surface area contributed by atoms with Crippen molar-refractivity contribution >= 4 is 16.9 Å². The first kappa shape index (κ1) is 8.81. The van der Waals surface area contributed by atoms with Gasteiger partial charge in [0.05, 0.1) is 18.9 Å². The maximum absolute atomic E-state index is 11.5. The van der Waals surface area contributed by atoms with Gasteiger partial charge in [-0.2, -0.15) is 0 Å². The highest BCUT2D eigenvalue weighted by molar-refractivity contribution is 6.04. The summed E-state index contributed by atoms with van der Waals surface area (Å²) in [6, 6.07) is 5.46. The van der Waals surface area contributed by atoms with Crippen LogP contribution in [0.2, 0.25) is 0 Å². The van der Waals surface area contributed by atoms with Crippen LogP contribution in [0.25, 0.3) is 11.0 Å². The lowest BCUT2D eigenvalue weighted by molar-refractivity contribution is 0.0602. The first-order chi connectivity index (χ1) is 6.74. The normalized spacial score (nSPS) is 10.4. The fourth-order valence-corrected chi connectivity index (χ4v) is 1.53. The highest BCUT2D eigenvalue weighted by Crippen LogP contribution is 2.23. The molecule has 0 unspecified atom stereocenters. The number of carbonyl (C=O) groups excluding carboxylic acids is 1. The smallest absolute Gasteiger partial charge is 0.338 e. The van der Waals surface area contributed by atoms with Gasteiger partial charge in [-0.1, -0.05) is 6.07 Å². The highest BCUT2D eigenvalue weighted by Gasteiger charge is 2.14. The summed E-state index contributed by atoms with van der Waals surface area (Å²) >= 11 is 0. The Morgan fingerprint density at radius 2 is 2.14 bits per heavy atom. The molecule has 0 fully saturated rings. The minimum absolute atomic E-state index is 0.325. The predicted molar refractivity (Wildman–Crippen MR) is 52.3 cm³/mol. The molecule has 1 heterocycles. The molecule has 2 rings (SSSR count). The Balaban J connectivity index is 2.76. The Labute approximate surface area is 81.3 Å².